The van der Waals surface area contributed by atoms with E-state index >= 15 is 0 Å². The van der Waals surface area contributed by atoms with Gasteiger partial charge in [-0.1, -0.05) is 36.4 Å². The first-order chi connectivity index (χ1) is 14.3. The van der Waals surface area contributed by atoms with Gasteiger partial charge in [0.2, 0.25) is 5.89 Å². The monoisotopic (exact) mass is 391 g/mol. The predicted octanol–water partition coefficient (Wildman–Crippen LogP) is 4.49. The molecule has 0 saturated carbocycles. The summed E-state index contributed by atoms with van der Waals surface area (Å²) in [4.78, 5) is 7.18. The zero-order valence-corrected chi connectivity index (χ0v) is 17.0. The quantitative estimate of drug-likeness (QED) is 0.613. The maximum absolute atomic E-state index is 5.69. The maximum atomic E-state index is 5.69. The van der Waals surface area contributed by atoms with Crippen LogP contribution in [0.1, 0.15) is 31.0 Å². The number of nitrogens with zero attached hydrogens (tertiary/aromatic N) is 2. The smallest absolute Gasteiger partial charge is 0.226 e. The second-order valence-electron chi connectivity index (χ2n) is 7.52. The lowest BCUT2D eigenvalue weighted by Crippen LogP contribution is -2.41. The number of aromatic nitrogens is 1. The fraction of sp³-hybridized carbons (Fsp3) is 0.375. The fourth-order valence-corrected chi connectivity index (χ4v) is 3.79. The Morgan fingerprint density at radius 1 is 1.10 bits per heavy atom. The molecule has 1 aliphatic heterocycles. The van der Waals surface area contributed by atoms with E-state index in [0.29, 0.717) is 18.5 Å². The molecule has 5 heteroatoms. The van der Waals surface area contributed by atoms with E-state index in [1.807, 2.05) is 31.2 Å². The molecule has 0 unspecified atom stereocenters. The van der Waals surface area contributed by atoms with Crippen molar-refractivity contribution in [2.24, 2.45) is 0 Å². The van der Waals surface area contributed by atoms with Gasteiger partial charge in [-0.05, 0) is 56.6 Å². The Kier molecular flexibility index (Phi) is 6.60. The minimum Gasteiger partial charge on any atom is -0.494 e. The van der Waals surface area contributed by atoms with E-state index < -0.39 is 0 Å². The topological polar surface area (TPSA) is 50.5 Å². The van der Waals surface area contributed by atoms with Crippen LogP contribution in [0.5, 0.6) is 5.75 Å². The van der Waals surface area contributed by atoms with E-state index in [4.69, 9.17) is 9.15 Å². The first kappa shape index (κ1) is 19.7. The van der Waals surface area contributed by atoms with Gasteiger partial charge in [0.15, 0.2) is 0 Å². The SMILES string of the molecule is CCOc1cccc(-c2nc(CNC3CCN(Cc4ccccc4)CC3)co2)c1. The molecule has 0 bridgehead atoms. The van der Waals surface area contributed by atoms with E-state index in [1.54, 1.807) is 6.26 Å². The molecule has 29 heavy (non-hydrogen) atoms. The van der Waals surface area contributed by atoms with Gasteiger partial charge in [0.1, 0.15) is 12.0 Å². The molecule has 0 atom stereocenters. The zero-order valence-electron chi connectivity index (χ0n) is 17.0. The van der Waals surface area contributed by atoms with Crippen molar-refractivity contribution in [1.82, 2.24) is 15.2 Å². The van der Waals surface area contributed by atoms with Gasteiger partial charge in [-0.3, -0.25) is 4.90 Å². The number of piperidine rings is 1. The molecule has 1 saturated heterocycles. The highest BCUT2D eigenvalue weighted by Gasteiger charge is 2.19. The average Bonchev–Trinajstić information content (AvgIpc) is 3.24. The van der Waals surface area contributed by atoms with Gasteiger partial charge in [0.25, 0.3) is 0 Å². The van der Waals surface area contributed by atoms with Crippen LogP contribution in [-0.4, -0.2) is 35.6 Å². The molecule has 4 rings (SSSR count). The number of likely N-dealkylation sites (tertiary alicyclic amines) is 1. The minimum atomic E-state index is 0.531. The van der Waals surface area contributed by atoms with Crippen molar-refractivity contribution in [1.29, 1.82) is 0 Å². The van der Waals surface area contributed by atoms with Gasteiger partial charge >= 0.3 is 0 Å². The van der Waals surface area contributed by atoms with Crippen molar-refractivity contribution in [3.63, 3.8) is 0 Å². The van der Waals surface area contributed by atoms with Crippen LogP contribution < -0.4 is 10.1 Å². The van der Waals surface area contributed by atoms with E-state index in [2.05, 4.69) is 45.5 Å². The second-order valence-corrected chi connectivity index (χ2v) is 7.52. The molecule has 1 fully saturated rings. The molecule has 152 valence electrons. The Labute approximate surface area is 172 Å². The maximum Gasteiger partial charge on any atom is 0.226 e. The van der Waals surface area contributed by atoms with Crippen molar-refractivity contribution in [3.05, 3.63) is 72.1 Å². The van der Waals surface area contributed by atoms with Gasteiger partial charge in [-0.2, -0.15) is 0 Å². The van der Waals surface area contributed by atoms with Crippen LogP contribution in [-0.2, 0) is 13.1 Å². The summed E-state index contributed by atoms with van der Waals surface area (Å²) in [7, 11) is 0. The summed E-state index contributed by atoms with van der Waals surface area (Å²) in [6, 6.07) is 19.1. The first-order valence-corrected chi connectivity index (χ1v) is 10.5. The van der Waals surface area contributed by atoms with Crippen molar-refractivity contribution >= 4 is 0 Å². The summed E-state index contributed by atoms with van der Waals surface area (Å²) in [5, 5.41) is 3.64. The Morgan fingerprint density at radius 2 is 1.93 bits per heavy atom. The third kappa shape index (κ3) is 5.46. The minimum absolute atomic E-state index is 0.531. The highest BCUT2D eigenvalue weighted by Crippen LogP contribution is 2.23. The summed E-state index contributed by atoms with van der Waals surface area (Å²) in [5.41, 5.74) is 3.27. The molecular formula is C24H29N3O2. The van der Waals surface area contributed by atoms with E-state index in [0.717, 1.165) is 56.0 Å². The molecule has 0 radical (unpaired) electrons. The lowest BCUT2D eigenvalue weighted by Gasteiger charge is -2.32. The Bertz CT molecular complexity index is 886. The van der Waals surface area contributed by atoms with Crippen LogP contribution in [0.15, 0.2) is 65.3 Å². The van der Waals surface area contributed by atoms with Gasteiger partial charge in [0, 0.05) is 24.7 Å². The number of benzene rings is 2. The number of ether oxygens (including phenoxy) is 1. The van der Waals surface area contributed by atoms with Crippen LogP contribution in [0.2, 0.25) is 0 Å². The van der Waals surface area contributed by atoms with Gasteiger partial charge in [-0.25, -0.2) is 4.98 Å². The van der Waals surface area contributed by atoms with Crippen LogP contribution in [0.4, 0.5) is 0 Å². The summed E-state index contributed by atoms with van der Waals surface area (Å²) in [6.07, 6.45) is 4.07. The number of hydrogen-bond acceptors (Lipinski definition) is 5. The molecule has 1 aromatic heterocycles. The molecule has 0 spiro atoms. The highest BCUT2D eigenvalue weighted by molar-refractivity contribution is 5.56. The van der Waals surface area contributed by atoms with E-state index in [1.165, 1.54) is 5.56 Å². The summed E-state index contributed by atoms with van der Waals surface area (Å²) < 4.78 is 11.3. The molecule has 0 aliphatic carbocycles. The van der Waals surface area contributed by atoms with E-state index in [-0.39, 0.29) is 0 Å². The van der Waals surface area contributed by atoms with Crippen LogP contribution in [0.25, 0.3) is 11.5 Å². The molecular weight excluding hydrogens is 362 g/mol. The van der Waals surface area contributed by atoms with Crippen molar-refractivity contribution < 1.29 is 9.15 Å². The number of hydrogen-bond donors (Lipinski definition) is 1. The Balaban J connectivity index is 1.25. The number of nitrogens with one attached hydrogen (secondary N) is 1. The Hall–Kier alpha value is -2.63. The third-order valence-corrected chi connectivity index (χ3v) is 5.35. The van der Waals surface area contributed by atoms with Crippen molar-refractivity contribution in [3.8, 4) is 17.2 Å². The van der Waals surface area contributed by atoms with Gasteiger partial charge in [0.05, 0.1) is 12.3 Å². The third-order valence-electron chi connectivity index (χ3n) is 5.35. The van der Waals surface area contributed by atoms with Crippen molar-refractivity contribution in [2.45, 2.75) is 38.9 Å². The van der Waals surface area contributed by atoms with E-state index in [9.17, 15) is 0 Å². The molecule has 1 aliphatic rings. The van der Waals surface area contributed by atoms with Gasteiger partial charge < -0.3 is 14.5 Å². The Morgan fingerprint density at radius 3 is 2.72 bits per heavy atom. The fourth-order valence-electron chi connectivity index (χ4n) is 3.79. The summed E-state index contributed by atoms with van der Waals surface area (Å²) in [5.74, 6) is 1.48. The molecule has 0 amide bonds. The number of oxazole rings is 1. The number of rotatable bonds is 8. The average molecular weight is 392 g/mol. The molecule has 2 heterocycles. The molecule has 5 nitrogen and oxygen atoms in total. The zero-order chi connectivity index (χ0) is 19.9. The summed E-state index contributed by atoms with van der Waals surface area (Å²) >= 11 is 0. The normalized spacial score (nSPS) is 15.5. The second kappa shape index (κ2) is 9.72. The highest BCUT2D eigenvalue weighted by atomic mass is 16.5. The lowest BCUT2D eigenvalue weighted by molar-refractivity contribution is 0.190. The van der Waals surface area contributed by atoms with Crippen LogP contribution in [0, 0.1) is 0 Å². The largest absolute Gasteiger partial charge is 0.494 e. The first-order valence-electron chi connectivity index (χ1n) is 10.5. The predicted molar refractivity (Wildman–Crippen MR) is 115 cm³/mol. The van der Waals surface area contributed by atoms with Crippen molar-refractivity contribution in [2.75, 3.05) is 19.7 Å². The lowest BCUT2D eigenvalue weighted by atomic mass is 10.0. The molecule has 3 aromatic rings. The van der Waals surface area contributed by atoms with Gasteiger partial charge in [-0.15, -0.1) is 0 Å². The standard InChI is InChI=1S/C24H29N3O2/c1-2-28-23-10-6-9-20(15-23)24-26-22(18-29-24)16-25-21-11-13-27(14-12-21)17-19-7-4-3-5-8-19/h3-10,15,18,21,25H,2,11-14,16-17H2,1H3. The summed E-state index contributed by atoms with van der Waals surface area (Å²) in [6.45, 7) is 6.66. The molecule has 2 aromatic carbocycles. The molecule has 1 N–H and O–H groups in total. The van der Waals surface area contributed by atoms with Crippen LogP contribution in [0.3, 0.4) is 0 Å². The van der Waals surface area contributed by atoms with Crippen LogP contribution >= 0.6 is 0 Å².